The first kappa shape index (κ1) is 11.9. The van der Waals surface area contributed by atoms with Crippen LogP contribution in [0, 0.1) is 11.3 Å². The van der Waals surface area contributed by atoms with Gasteiger partial charge in [-0.15, -0.1) is 0 Å². The summed E-state index contributed by atoms with van der Waals surface area (Å²) in [5, 5.41) is 14.3. The highest BCUT2D eigenvalue weighted by Gasteiger charge is 2.02. The number of hydrogen-bond acceptors (Lipinski definition) is 4. The Morgan fingerprint density at radius 2 is 2.31 bits per heavy atom. The maximum atomic E-state index is 11.2. The Labute approximate surface area is 94.2 Å². The van der Waals surface area contributed by atoms with Gasteiger partial charge in [0, 0.05) is 17.9 Å². The number of benzene rings is 1. The maximum absolute atomic E-state index is 11.2. The van der Waals surface area contributed by atoms with Gasteiger partial charge in [-0.25, -0.2) is 0 Å². The van der Waals surface area contributed by atoms with E-state index in [1.54, 1.807) is 18.2 Å². The molecule has 0 aliphatic carbocycles. The molecule has 0 radical (unpaired) electrons. The molecule has 4 N–H and O–H groups in total. The molecule has 1 amide bonds. The average molecular weight is 218 g/mol. The molecule has 0 spiro atoms. The van der Waals surface area contributed by atoms with Gasteiger partial charge in [-0.2, -0.15) is 5.26 Å². The predicted molar refractivity (Wildman–Crippen MR) is 62.7 cm³/mol. The van der Waals surface area contributed by atoms with Crippen molar-refractivity contribution in [3.8, 4) is 6.07 Å². The van der Waals surface area contributed by atoms with E-state index in [1.807, 2.05) is 13.0 Å². The van der Waals surface area contributed by atoms with Gasteiger partial charge in [-0.3, -0.25) is 4.79 Å². The van der Waals surface area contributed by atoms with Crippen LogP contribution in [0.25, 0.3) is 0 Å². The molecule has 5 heteroatoms. The third-order valence-electron chi connectivity index (χ3n) is 2.00. The second-order valence-corrected chi connectivity index (χ2v) is 3.22. The van der Waals surface area contributed by atoms with Gasteiger partial charge in [0.1, 0.15) is 6.07 Å². The number of hydrogen-bond donors (Lipinski definition) is 3. The van der Waals surface area contributed by atoms with Gasteiger partial charge in [-0.1, -0.05) is 0 Å². The Morgan fingerprint density at radius 3 is 2.94 bits per heavy atom. The molecular formula is C11H14N4O. The Hall–Kier alpha value is -2.22. The van der Waals surface area contributed by atoms with Crippen LogP contribution in [-0.2, 0) is 4.79 Å². The Balaban J connectivity index is 2.62. The Bertz CT molecular complexity index is 422. The molecule has 0 fully saturated rings. The van der Waals surface area contributed by atoms with Crippen molar-refractivity contribution in [2.24, 2.45) is 0 Å². The molecule has 1 aromatic rings. The lowest BCUT2D eigenvalue weighted by Gasteiger charge is -2.07. The molecule has 1 rings (SSSR count). The van der Waals surface area contributed by atoms with Crippen molar-refractivity contribution in [1.29, 1.82) is 5.26 Å². The number of nitrogens with one attached hydrogen (secondary N) is 2. The molecule has 0 aliphatic heterocycles. The van der Waals surface area contributed by atoms with Gasteiger partial charge in [0.15, 0.2) is 0 Å². The molecule has 0 bridgehead atoms. The quantitative estimate of drug-likeness (QED) is 0.648. The number of likely N-dealkylation sites (N-methyl/N-ethyl adjacent to an activating group) is 1. The molecular weight excluding hydrogens is 204 g/mol. The number of carbonyl (C=O) groups is 1. The van der Waals surface area contributed by atoms with Crippen molar-refractivity contribution < 1.29 is 4.79 Å². The second-order valence-electron chi connectivity index (χ2n) is 3.22. The maximum Gasteiger partial charge on any atom is 0.239 e. The standard InChI is InChI=1S/C11H14N4O/c1-2-14-11(16)7-15-9-3-4-10(13)8(5-9)6-12/h3-5,15H,2,7,13H2,1H3,(H,14,16). The monoisotopic (exact) mass is 218 g/mol. The number of nitrogens with zero attached hydrogens (tertiary/aromatic N) is 1. The Morgan fingerprint density at radius 1 is 1.56 bits per heavy atom. The fraction of sp³-hybridized carbons (Fsp3) is 0.273. The molecule has 0 heterocycles. The lowest BCUT2D eigenvalue weighted by molar-refractivity contribution is -0.119. The van der Waals surface area contributed by atoms with Crippen molar-refractivity contribution in [2.45, 2.75) is 6.92 Å². The van der Waals surface area contributed by atoms with Crippen LogP contribution in [-0.4, -0.2) is 19.0 Å². The van der Waals surface area contributed by atoms with Crippen LogP contribution in [0.1, 0.15) is 12.5 Å². The molecule has 0 saturated carbocycles. The van der Waals surface area contributed by atoms with Crippen LogP contribution in [0.3, 0.4) is 0 Å². The highest BCUT2D eigenvalue weighted by atomic mass is 16.1. The zero-order valence-electron chi connectivity index (χ0n) is 9.08. The lowest BCUT2D eigenvalue weighted by Crippen LogP contribution is -2.29. The number of rotatable bonds is 4. The minimum atomic E-state index is -0.0853. The number of nitrogens with two attached hydrogens (primary N) is 1. The van der Waals surface area contributed by atoms with E-state index in [4.69, 9.17) is 11.0 Å². The van der Waals surface area contributed by atoms with E-state index < -0.39 is 0 Å². The summed E-state index contributed by atoms with van der Waals surface area (Å²) in [5.74, 6) is -0.0853. The summed E-state index contributed by atoms with van der Waals surface area (Å²) in [6.45, 7) is 2.64. The highest BCUT2D eigenvalue weighted by Crippen LogP contribution is 2.16. The average Bonchev–Trinajstić information content (AvgIpc) is 2.28. The van der Waals surface area contributed by atoms with E-state index in [2.05, 4.69) is 10.6 Å². The van der Waals surface area contributed by atoms with Crippen molar-refractivity contribution >= 4 is 17.3 Å². The van der Waals surface area contributed by atoms with Crippen molar-refractivity contribution in [3.63, 3.8) is 0 Å². The summed E-state index contributed by atoms with van der Waals surface area (Å²) in [7, 11) is 0. The molecule has 5 nitrogen and oxygen atoms in total. The normalized spacial score (nSPS) is 9.25. The zero-order chi connectivity index (χ0) is 12.0. The fourth-order valence-electron chi connectivity index (χ4n) is 1.21. The summed E-state index contributed by atoms with van der Waals surface area (Å²) >= 11 is 0. The SMILES string of the molecule is CCNC(=O)CNc1ccc(N)c(C#N)c1. The largest absolute Gasteiger partial charge is 0.398 e. The highest BCUT2D eigenvalue weighted by molar-refractivity contribution is 5.80. The van der Waals surface area contributed by atoms with Gasteiger partial charge in [0.25, 0.3) is 0 Å². The second kappa shape index (κ2) is 5.61. The number of anilines is 2. The molecule has 0 aliphatic rings. The van der Waals surface area contributed by atoms with E-state index in [1.165, 1.54) is 0 Å². The van der Waals surface area contributed by atoms with E-state index in [-0.39, 0.29) is 12.5 Å². The molecule has 0 unspecified atom stereocenters. The molecule has 84 valence electrons. The first-order valence-electron chi connectivity index (χ1n) is 4.97. The number of nitrogen functional groups attached to an aromatic ring is 1. The Kier molecular flexibility index (Phi) is 4.16. The molecule has 1 aromatic carbocycles. The van der Waals surface area contributed by atoms with Crippen LogP contribution in [0.2, 0.25) is 0 Å². The molecule has 0 aromatic heterocycles. The lowest BCUT2D eigenvalue weighted by atomic mass is 10.2. The molecule has 16 heavy (non-hydrogen) atoms. The predicted octanol–water partition coefficient (Wildman–Crippen LogP) is 0.688. The van der Waals surface area contributed by atoms with Gasteiger partial charge in [0.05, 0.1) is 12.1 Å². The smallest absolute Gasteiger partial charge is 0.239 e. The third kappa shape index (κ3) is 3.17. The van der Waals surface area contributed by atoms with Crippen LogP contribution in [0.5, 0.6) is 0 Å². The van der Waals surface area contributed by atoms with Gasteiger partial charge < -0.3 is 16.4 Å². The topological polar surface area (TPSA) is 90.9 Å². The number of nitriles is 1. The van der Waals surface area contributed by atoms with Crippen LogP contribution < -0.4 is 16.4 Å². The first-order chi connectivity index (χ1) is 7.67. The van der Waals surface area contributed by atoms with E-state index in [9.17, 15) is 4.79 Å². The zero-order valence-corrected chi connectivity index (χ0v) is 9.08. The summed E-state index contributed by atoms with van der Waals surface area (Å²) < 4.78 is 0. The van der Waals surface area contributed by atoms with Crippen molar-refractivity contribution in [2.75, 3.05) is 24.1 Å². The summed E-state index contributed by atoms with van der Waals surface area (Å²) in [6.07, 6.45) is 0. The van der Waals surface area contributed by atoms with Crippen molar-refractivity contribution in [1.82, 2.24) is 5.32 Å². The van der Waals surface area contributed by atoms with Crippen molar-refractivity contribution in [3.05, 3.63) is 23.8 Å². The molecule has 0 atom stereocenters. The van der Waals surface area contributed by atoms with Gasteiger partial charge in [-0.05, 0) is 25.1 Å². The summed E-state index contributed by atoms with van der Waals surface area (Å²) in [6, 6.07) is 6.97. The minimum absolute atomic E-state index is 0.0853. The van der Waals surface area contributed by atoms with Crippen LogP contribution in [0.15, 0.2) is 18.2 Å². The van der Waals surface area contributed by atoms with Gasteiger partial charge >= 0.3 is 0 Å². The summed E-state index contributed by atoms with van der Waals surface area (Å²) in [5.41, 5.74) is 7.12. The summed E-state index contributed by atoms with van der Waals surface area (Å²) in [4.78, 5) is 11.2. The van der Waals surface area contributed by atoms with Crippen LogP contribution in [0.4, 0.5) is 11.4 Å². The molecule has 0 saturated heterocycles. The number of carbonyl (C=O) groups excluding carboxylic acids is 1. The fourth-order valence-corrected chi connectivity index (χ4v) is 1.21. The van der Waals surface area contributed by atoms with Crippen LogP contribution >= 0.6 is 0 Å². The van der Waals surface area contributed by atoms with Gasteiger partial charge in [0.2, 0.25) is 5.91 Å². The van der Waals surface area contributed by atoms with E-state index >= 15 is 0 Å². The van der Waals surface area contributed by atoms with E-state index in [0.29, 0.717) is 23.5 Å². The van der Waals surface area contributed by atoms with E-state index in [0.717, 1.165) is 0 Å². The third-order valence-corrected chi connectivity index (χ3v) is 2.00. The number of amides is 1. The minimum Gasteiger partial charge on any atom is -0.398 e. The first-order valence-corrected chi connectivity index (χ1v) is 4.97.